The minimum atomic E-state index is -0.666. The predicted molar refractivity (Wildman–Crippen MR) is 75.9 cm³/mol. The van der Waals surface area contributed by atoms with E-state index >= 15 is 0 Å². The van der Waals surface area contributed by atoms with Crippen molar-refractivity contribution >= 4 is 23.4 Å². The van der Waals surface area contributed by atoms with E-state index in [0.29, 0.717) is 11.3 Å². The lowest BCUT2D eigenvalue weighted by molar-refractivity contribution is -0.384. The highest BCUT2D eigenvalue weighted by Gasteiger charge is 2.27. The molecule has 21 heavy (non-hydrogen) atoms. The Balaban J connectivity index is 2.36. The van der Waals surface area contributed by atoms with E-state index in [9.17, 15) is 20.0 Å². The molecule has 1 aromatic carbocycles. The van der Waals surface area contributed by atoms with Gasteiger partial charge < -0.3 is 9.84 Å². The Morgan fingerprint density at radius 1 is 1.38 bits per heavy atom. The lowest BCUT2D eigenvalue weighted by atomic mass is 10.1. The quantitative estimate of drug-likeness (QED) is 0.522. The number of aliphatic hydroxyl groups is 1. The smallest absolute Gasteiger partial charge is 0.343 e. The van der Waals surface area contributed by atoms with Gasteiger partial charge in [-0.15, -0.1) is 0 Å². The minimum absolute atomic E-state index is 0.0191. The second-order valence-corrected chi connectivity index (χ2v) is 4.29. The van der Waals surface area contributed by atoms with Crippen LogP contribution in [0.25, 0.3) is 6.08 Å². The highest BCUT2D eigenvalue weighted by atomic mass is 16.6. The number of nitro groups is 1. The summed E-state index contributed by atoms with van der Waals surface area (Å²) in [7, 11) is 1.22. The molecule has 0 saturated heterocycles. The van der Waals surface area contributed by atoms with E-state index in [1.165, 1.54) is 37.5 Å². The summed E-state index contributed by atoms with van der Waals surface area (Å²) in [4.78, 5) is 25.7. The zero-order valence-corrected chi connectivity index (χ0v) is 11.4. The van der Waals surface area contributed by atoms with Crippen molar-refractivity contribution in [3.8, 4) is 0 Å². The number of non-ortho nitro benzene ring substituents is 1. The number of carbonyl (C=O) groups excluding carboxylic acids is 1. The van der Waals surface area contributed by atoms with Gasteiger partial charge in [0.1, 0.15) is 11.3 Å². The van der Waals surface area contributed by atoms with Crippen LogP contribution < -0.4 is 0 Å². The monoisotopic (exact) mass is 288 g/mol. The third-order valence-corrected chi connectivity index (χ3v) is 2.93. The normalized spacial score (nSPS) is 16.1. The highest BCUT2D eigenvalue weighted by Crippen LogP contribution is 2.26. The SMILES string of the molecule is COC(=O)C1=C(O)C(=Cc2ccc([N+](=O)[O-])cc2)N=C1C. The van der Waals surface area contributed by atoms with E-state index in [4.69, 9.17) is 0 Å². The lowest BCUT2D eigenvalue weighted by Crippen LogP contribution is -2.11. The van der Waals surface area contributed by atoms with Crippen molar-refractivity contribution in [2.24, 2.45) is 4.99 Å². The molecule has 1 aliphatic rings. The number of benzene rings is 1. The second kappa shape index (κ2) is 5.58. The fourth-order valence-corrected chi connectivity index (χ4v) is 1.89. The number of methoxy groups -OCH3 is 1. The topological polar surface area (TPSA) is 102 Å². The van der Waals surface area contributed by atoms with Gasteiger partial charge in [0.2, 0.25) is 0 Å². The van der Waals surface area contributed by atoms with Gasteiger partial charge >= 0.3 is 5.97 Å². The number of aliphatic imine (C=N–C) groups is 1. The molecule has 0 fully saturated rings. The van der Waals surface area contributed by atoms with Crippen molar-refractivity contribution in [2.75, 3.05) is 7.11 Å². The summed E-state index contributed by atoms with van der Waals surface area (Å²) in [5.74, 6) is -0.932. The van der Waals surface area contributed by atoms with E-state index in [2.05, 4.69) is 9.73 Å². The summed E-state index contributed by atoms with van der Waals surface area (Å²) >= 11 is 0. The Bertz CT molecular complexity index is 699. The molecule has 0 radical (unpaired) electrons. The number of nitro benzene ring substituents is 1. The van der Waals surface area contributed by atoms with Crippen LogP contribution in [0, 0.1) is 10.1 Å². The maximum atomic E-state index is 11.5. The fourth-order valence-electron chi connectivity index (χ4n) is 1.89. The summed E-state index contributed by atoms with van der Waals surface area (Å²) in [5, 5.41) is 20.6. The predicted octanol–water partition coefficient (Wildman–Crippen LogP) is 2.40. The first-order valence-corrected chi connectivity index (χ1v) is 5.97. The van der Waals surface area contributed by atoms with Crippen molar-refractivity contribution in [2.45, 2.75) is 6.92 Å². The zero-order valence-electron chi connectivity index (χ0n) is 11.4. The number of hydrogen-bond donors (Lipinski definition) is 1. The molecule has 2 rings (SSSR count). The summed E-state index contributed by atoms with van der Waals surface area (Å²) in [6, 6.07) is 5.75. The average molecular weight is 288 g/mol. The number of ether oxygens (including phenoxy) is 1. The number of aliphatic hydroxyl groups excluding tert-OH is 1. The molecule has 0 aliphatic carbocycles. The Labute approximate surface area is 120 Å². The van der Waals surface area contributed by atoms with Gasteiger partial charge in [-0.25, -0.2) is 9.79 Å². The van der Waals surface area contributed by atoms with Crippen molar-refractivity contribution in [1.82, 2.24) is 0 Å². The Kier molecular flexibility index (Phi) is 3.84. The van der Waals surface area contributed by atoms with Crippen LogP contribution in [0.15, 0.2) is 46.3 Å². The number of hydrogen-bond acceptors (Lipinski definition) is 6. The maximum Gasteiger partial charge on any atom is 0.343 e. The van der Waals surface area contributed by atoms with Crippen LogP contribution in [0.3, 0.4) is 0 Å². The molecule has 0 amide bonds. The van der Waals surface area contributed by atoms with Crippen LogP contribution in [-0.4, -0.2) is 28.8 Å². The molecule has 0 unspecified atom stereocenters. The lowest BCUT2D eigenvalue weighted by Gasteiger charge is -2.00. The molecule has 0 spiro atoms. The van der Waals surface area contributed by atoms with Crippen molar-refractivity contribution in [3.05, 3.63) is 57.0 Å². The fraction of sp³-hybridized carbons (Fsp3) is 0.143. The largest absolute Gasteiger partial charge is 0.505 e. The maximum absolute atomic E-state index is 11.5. The first kappa shape index (κ1) is 14.4. The molecule has 0 bridgehead atoms. The number of nitrogens with zero attached hydrogens (tertiary/aromatic N) is 2. The molecular formula is C14H12N2O5. The average Bonchev–Trinajstić information content (AvgIpc) is 2.73. The van der Waals surface area contributed by atoms with Gasteiger partial charge in [0.05, 0.1) is 17.7 Å². The molecule has 1 aliphatic heterocycles. The van der Waals surface area contributed by atoms with Gasteiger partial charge in [0, 0.05) is 12.1 Å². The molecule has 1 heterocycles. The third-order valence-electron chi connectivity index (χ3n) is 2.93. The highest BCUT2D eigenvalue weighted by molar-refractivity contribution is 6.21. The standard InChI is InChI=1S/C14H12N2O5/c1-8-12(14(18)21-2)13(17)11(15-8)7-9-3-5-10(6-4-9)16(19)20/h3-7,17H,1-2H3. The Morgan fingerprint density at radius 2 is 2.00 bits per heavy atom. The first-order chi connectivity index (χ1) is 9.93. The van der Waals surface area contributed by atoms with Crippen molar-refractivity contribution in [3.63, 3.8) is 0 Å². The summed E-state index contributed by atoms with van der Waals surface area (Å²) in [6.45, 7) is 1.58. The van der Waals surface area contributed by atoms with E-state index in [1.54, 1.807) is 6.92 Å². The molecule has 7 heteroatoms. The molecule has 1 aromatic rings. The molecular weight excluding hydrogens is 276 g/mol. The van der Waals surface area contributed by atoms with Crippen LogP contribution in [0.5, 0.6) is 0 Å². The summed E-state index contributed by atoms with van der Waals surface area (Å²) < 4.78 is 4.58. The molecule has 7 nitrogen and oxygen atoms in total. The van der Waals surface area contributed by atoms with Gasteiger partial charge in [0.15, 0.2) is 5.76 Å². The van der Waals surface area contributed by atoms with Crippen LogP contribution in [-0.2, 0) is 9.53 Å². The number of esters is 1. The summed E-state index contributed by atoms with van der Waals surface area (Å²) in [5.41, 5.74) is 1.17. The van der Waals surface area contributed by atoms with E-state index in [0.717, 1.165) is 0 Å². The van der Waals surface area contributed by atoms with Crippen LogP contribution >= 0.6 is 0 Å². The molecule has 0 atom stereocenters. The van der Waals surface area contributed by atoms with Gasteiger partial charge in [0.25, 0.3) is 5.69 Å². The van der Waals surface area contributed by atoms with Crippen LogP contribution in [0.1, 0.15) is 12.5 Å². The Hall–Kier alpha value is -2.96. The summed E-state index contributed by atoms with van der Waals surface area (Å²) in [6.07, 6.45) is 1.53. The molecule has 1 N–H and O–H groups in total. The van der Waals surface area contributed by atoms with Crippen molar-refractivity contribution in [1.29, 1.82) is 0 Å². The Morgan fingerprint density at radius 3 is 2.52 bits per heavy atom. The van der Waals surface area contributed by atoms with Gasteiger partial charge in [-0.2, -0.15) is 0 Å². The van der Waals surface area contributed by atoms with Gasteiger partial charge in [-0.1, -0.05) is 0 Å². The van der Waals surface area contributed by atoms with Gasteiger partial charge in [-0.05, 0) is 30.7 Å². The van der Waals surface area contributed by atoms with Crippen LogP contribution in [0.4, 0.5) is 5.69 Å². The minimum Gasteiger partial charge on any atom is -0.505 e. The van der Waals surface area contributed by atoms with E-state index in [-0.39, 0.29) is 22.7 Å². The molecule has 0 saturated carbocycles. The van der Waals surface area contributed by atoms with E-state index in [1.807, 2.05) is 0 Å². The number of rotatable bonds is 3. The van der Waals surface area contributed by atoms with Gasteiger partial charge in [-0.3, -0.25) is 10.1 Å². The molecule has 0 aromatic heterocycles. The zero-order chi connectivity index (χ0) is 15.6. The van der Waals surface area contributed by atoms with E-state index < -0.39 is 10.9 Å². The second-order valence-electron chi connectivity index (χ2n) is 4.29. The van der Waals surface area contributed by atoms with Crippen molar-refractivity contribution < 1.29 is 19.6 Å². The number of carbonyl (C=O) groups is 1. The third kappa shape index (κ3) is 2.81. The molecule has 108 valence electrons. The van der Waals surface area contributed by atoms with Crippen LogP contribution in [0.2, 0.25) is 0 Å². The first-order valence-electron chi connectivity index (χ1n) is 5.97.